The summed E-state index contributed by atoms with van der Waals surface area (Å²) in [5.41, 5.74) is 2.76. The molecule has 1 atom stereocenters. The molecule has 0 saturated heterocycles. The summed E-state index contributed by atoms with van der Waals surface area (Å²) in [6, 6.07) is 5.57. The summed E-state index contributed by atoms with van der Waals surface area (Å²) in [6.45, 7) is 7.40. The van der Waals surface area contributed by atoms with E-state index < -0.39 is 12.1 Å². The van der Waals surface area contributed by atoms with Crippen LogP contribution in [0.5, 0.6) is 0 Å². The largest absolute Gasteiger partial charge is 0.466 e. The van der Waals surface area contributed by atoms with Crippen molar-refractivity contribution in [1.82, 2.24) is 0 Å². The zero-order valence-corrected chi connectivity index (χ0v) is 9.78. The van der Waals surface area contributed by atoms with E-state index in [1.807, 2.05) is 26.0 Å². The highest BCUT2D eigenvalue weighted by Gasteiger charge is 2.20. The number of esters is 1. The van der Waals surface area contributed by atoms with Crippen molar-refractivity contribution in [3.63, 3.8) is 0 Å². The molecule has 0 radical (unpaired) electrons. The van der Waals surface area contributed by atoms with E-state index >= 15 is 0 Å². The molecule has 1 unspecified atom stereocenters. The minimum Gasteiger partial charge on any atom is -0.466 e. The lowest BCUT2D eigenvalue weighted by molar-refractivity contribution is -0.137. The minimum atomic E-state index is -1.01. The first kappa shape index (κ1) is 12.5. The molecule has 0 aromatic heterocycles. The summed E-state index contributed by atoms with van der Waals surface area (Å²) >= 11 is 0. The Bertz CT molecular complexity index is 421. The highest BCUT2D eigenvalue weighted by molar-refractivity contribution is 5.89. The summed E-state index contributed by atoms with van der Waals surface area (Å²) in [4.78, 5) is 11.2. The highest BCUT2D eigenvalue weighted by Crippen LogP contribution is 2.25. The number of ether oxygens (including phenoxy) is 1. The van der Waals surface area contributed by atoms with Gasteiger partial charge in [0.05, 0.1) is 12.7 Å². The zero-order valence-electron chi connectivity index (χ0n) is 9.78. The first-order valence-corrected chi connectivity index (χ1v) is 5.00. The monoisotopic (exact) mass is 220 g/mol. The van der Waals surface area contributed by atoms with Crippen LogP contribution in [0.3, 0.4) is 0 Å². The van der Waals surface area contributed by atoms with Gasteiger partial charge < -0.3 is 9.84 Å². The summed E-state index contributed by atoms with van der Waals surface area (Å²) < 4.78 is 4.53. The maximum absolute atomic E-state index is 11.2. The van der Waals surface area contributed by atoms with E-state index in [-0.39, 0.29) is 5.57 Å². The fourth-order valence-electron chi connectivity index (χ4n) is 1.50. The molecule has 0 spiro atoms. The Hall–Kier alpha value is -1.61. The van der Waals surface area contributed by atoms with Gasteiger partial charge in [0, 0.05) is 0 Å². The Morgan fingerprint density at radius 2 is 2.06 bits per heavy atom. The Labute approximate surface area is 95.4 Å². The molecule has 0 bridgehead atoms. The molecule has 0 aliphatic carbocycles. The average molecular weight is 220 g/mol. The van der Waals surface area contributed by atoms with Crippen molar-refractivity contribution in [3.8, 4) is 0 Å². The normalized spacial score (nSPS) is 12.0. The maximum Gasteiger partial charge on any atom is 0.336 e. The predicted molar refractivity (Wildman–Crippen MR) is 62.0 cm³/mol. The van der Waals surface area contributed by atoms with Gasteiger partial charge in [-0.25, -0.2) is 4.79 Å². The maximum atomic E-state index is 11.2. The fraction of sp³-hybridized carbons (Fsp3) is 0.308. The lowest BCUT2D eigenvalue weighted by Crippen LogP contribution is -2.13. The number of aliphatic hydroxyl groups excluding tert-OH is 1. The number of hydrogen-bond donors (Lipinski definition) is 1. The zero-order chi connectivity index (χ0) is 12.3. The van der Waals surface area contributed by atoms with Crippen LogP contribution >= 0.6 is 0 Å². The van der Waals surface area contributed by atoms with Crippen LogP contribution in [0.4, 0.5) is 0 Å². The number of methoxy groups -OCH3 is 1. The first-order chi connectivity index (χ1) is 7.49. The van der Waals surface area contributed by atoms with Gasteiger partial charge in [-0.3, -0.25) is 0 Å². The number of benzene rings is 1. The molecule has 0 heterocycles. The molecule has 0 aliphatic rings. The average Bonchev–Trinajstić information content (AvgIpc) is 2.29. The minimum absolute atomic E-state index is 0.0520. The molecule has 1 aromatic carbocycles. The van der Waals surface area contributed by atoms with Crippen LogP contribution in [0.25, 0.3) is 0 Å². The number of rotatable bonds is 3. The molecule has 0 saturated carbocycles. The molecular weight excluding hydrogens is 204 g/mol. The van der Waals surface area contributed by atoms with Crippen molar-refractivity contribution in [1.29, 1.82) is 0 Å². The van der Waals surface area contributed by atoms with Gasteiger partial charge in [-0.2, -0.15) is 0 Å². The quantitative estimate of drug-likeness (QED) is 0.626. The van der Waals surface area contributed by atoms with Crippen molar-refractivity contribution >= 4 is 5.97 Å². The highest BCUT2D eigenvalue weighted by atomic mass is 16.5. The van der Waals surface area contributed by atoms with Crippen molar-refractivity contribution in [2.24, 2.45) is 0 Å². The third-order valence-corrected chi connectivity index (χ3v) is 2.72. The molecular formula is C13H16O3. The van der Waals surface area contributed by atoms with Crippen LogP contribution in [-0.4, -0.2) is 18.2 Å². The van der Waals surface area contributed by atoms with E-state index in [0.29, 0.717) is 5.56 Å². The van der Waals surface area contributed by atoms with Crippen LogP contribution in [0.1, 0.15) is 22.8 Å². The van der Waals surface area contributed by atoms with Gasteiger partial charge in [-0.05, 0) is 30.5 Å². The van der Waals surface area contributed by atoms with E-state index in [1.165, 1.54) is 7.11 Å². The SMILES string of the molecule is C=C(C(=O)OC)C(O)c1cccc(C)c1C. The Morgan fingerprint density at radius 3 is 2.62 bits per heavy atom. The molecule has 3 nitrogen and oxygen atoms in total. The Morgan fingerprint density at radius 1 is 1.44 bits per heavy atom. The van der Waals surface area contributed by atoms with Crippen molar-refractivity contribution in [3.05, 3.63) is 47.0 Å². The molecule has 3 heteroatoms. The van der Waals surface area contributed by atoms with Gasteiger partial charge in [0.25, 0.3) is 0 Å². The third kappa shape index (κ3) is 2.31. The molecule has 0 fully saturated rings. The predicted octanol–water partition coefficient (Wildman–Crippen LogP) is 2.07. The summed E-state index contributed by atoms with van der Waals surface area (Å²) in [5.74, 6) is -0.589. The van der Waals surface area contributed by atoms with Gasteiger partial charge in [0.1, 0.15) is 6.10 Å². The van der Waals surface area contributed by atoms with Crippen LogP contribution in [-0.2, 0) is 9.53 Å². The first-order valence-electron chi connectivity index (χ1n) is 5.00. The molecule has 86 valence electrons. The smallest absolute Gasteiger partial charge is 0.336 e. The number of aryl methyl sites for hydroxylation is 1. The molecule has 1 N–H and O–H groups in total. The van der Waals surface area contributed by atoms with Gasteiger partial charge in [0.15, 0.2) is 0 Å². The number of aliphatic hydroxyl groups is 1. The third-order valence-electron chi connectivity index (χ3n) is 2.72. The van der Waals surface area contributed by atoms with Gasteiger partial charge in [-0.1, -0.05) is 24.8 Å². The Balaban J connectivity index is 3.05. The lowest BCUT2D eigenvalue weighted by Gasteiger charge is -2.16. The second-order valence-electron chi connectivity index (χ2n) is 3.71. The van der Waals surface area contributed by atoms with Crippen LogP contribution in [0.15, 0.2) is 30.4 Å². The number of carbonyl (C=O) groups excluding carboxylic acids is 1. The van der Waals surface area contributed by atoms with Gasteiger partial charge in [0.2, 0.25) is 0 Å². The Kier molecular flexibility index (Phi) is 3.85. The van der Waals surface area contributed by atoms with Crippen molar-refractivity contribution < 1.29 is 14.6 Å². The van der Waals surface area contributed by atoms with Gasteiger partial charge >= 0.3 is 5.97 Å². The van der Waals surface area contributed by atoms with E-state index in [4.69, 9.17) is 0 Å². The second kappa shape index (κ2) is 4.94. The molecule has 1 aromatic rings. The van der Waals surface area contributed by atoms with Crippen molar-refractivity contribution in [2.45, 2.75) is 20.0 Å². The summed E-state index contributed by atoms with van der Waals surface area (Å²) in [7, 11) is 1.27. The number of hydrogen-bond acceptors (Lipinski definition) is 3. The van der Waals surface area contributed by atoms with Gasteiger partial charge in [-0.15, -0.1) is 0 Å². The number of carbonyl (C=O) groups is 1. The van der Waals surface area contributed by atoms with Crippen molar-refractivity contribution in [2.75, 3.05) is 7.11 Å². The van der Waals surface area contributed by atoms with E-state index in [0.717, 1.165) is 11.1 Å². The molecule has 1 rings (SSSR count). The van der Waals surface area contributed by atoms with E-state index in [1.54, 1.807) is 6.07 Å². The van der Waals surface area contributed by atoms with Crippen LogP contribution < -0.4 is 0 Å². The van der Waals surface area contributed by atoms with E-state index in [9.17, 15) is 9.90 Å². The molecule has 0 aliphatic heterocycles. The topological polar surface area (TPSA) is 46.5 Å². The van der Waals surface area contributed by atoms with Crippen LogP contribution in [0.2, 0.25) is 0 Å². The summed E-state index contributed by atoms with van der Waals surface area (Å²) in [5, 5.41) is 10.00. The summed E-state index contributed by atoms with van der Waals surface area (Å²) in [6.07, 6.45) is -1.01. The second-order valence-corrected chi connectivity index (χ2v) is 3.71. The van der Waals surface area contributed by atoms with Crippen LogP contribution in [0, 0.1) is 13.8 Å². The lowest BCUT2D eigenvalue weighted by atomic mass is 9.95. The van der Waals surface area contributed by atoms with E-state index in [2.05, 4.69) is 11.3 Å². The standard InChI is InChI=1S/C13H16O3/c1-8-6-5-7-11(9(8)2)12(14)10(3)13(15)16-4/h5-7,12,14H,3H2,1-2,4H3. The fourth-order valence-corrected chi connectivity index (χ4v) is 1.50. The molecule has 16 heavy (non-hydrogen) atoms. The molecule has 0 amide bonds.